The largest absolute Gasteiger partial charge is 0.496 e. The van der Waals surface area contributed by atoms with Gasteiger partial charge in [-0.05, 0) is 18.6 Å². The second-order valence-electron chi connectivity index (χ2n) is 3.75. The topological polar surface area (TPSA) is 107 Å². The molecule has 0 atom stereocenters. The quantitative estimate of drug-likeness (QED) is 0.498. The number of hydrogen-bond donors (Lipinski definition) is 3. The first kappa shape index (κ1) is 13.8. The lowest BCUT2D eigenvalue weighted by Gasteiger charge is -2.11. The van der Waals surface area contributed by atoms with Gasteiger partial charge >= 0.3 is 0 Å². The van der Waals surface area contributed by atoms with Gasteiger partial charge in [-0.15, -0.1) is 0 Å². The van der Waals surface area contributed by atoms with E-state index < -0.39 is 0 Å². The second-order valence-corrected chi connectivity index (χ2v) is 3.75. The maximum Gasteiger partial charge on any atom is 0.257 e. The van der Waals surface area contributed by atoms with Gasteiger partial charge in [0.2, 0.25) is 5.91 Å². The average molecular weight is 251 g/mol. The van der Waals surface area contributed by atoms with Crippen molar-refractivity contribution in [2.75, 3.05) is 19.4 Å². The molecule has 0 aliphatic rings. The Bertz CT molecular complexity index is 446. The molecule has 0 radical (unpaired) electrons. The minimum Gasteiger partial charge on any atom is -0.496 e. The van der Waals surface area contributed by atoms with Gasteiger partial charge in [0.25, 0.3) is 5.91 Å². The van der Waals surface area contributed by atoms with Crippen LogP contribution in [0, 0.1) is 0 Å². The third-order valence-corrected chi connectivity index (χ3v) is 2.39. The monoisotopic (exact) mass is 251 g/mol. The second kappa shape index (κ2) is 6.48. The van der Waals surface area contributed by atoms with Crippen molar-refractivity contribution >= 4 is 17.5 Å². The summed E-state index contributed by atoms with van der Waals surface area (Å²) in [6.07, 6.45) is 0.734. The molecule has 0 aliphatic heterocycles. The van der Waals surface area contributed by atoms with Crippen LogP contribution in [0.15, 0.2) is 18.2 Å². The zero-order valence-electron chi connectivity index (χ0n) is 10.2. The lowest BCUT2D eigenvalue weighted by molar-refractivity contribution is -0.118. The first-order valence-electron chi connectivity index (χ1n) is 5.55. The fourth-order valence-corrected chi connectivity index (χ4v) is 1.51. The first-order chi connectivity index (χ1) is 8.56. The third kappa shape index (κ3) is 3.65. The van der Waals surface area contributed by atoms with Crippen molar-refractivity contribution in [3.63, 3.8) is 0 Å². The zero-order chi connectivity index (χ0) is 13.5. The van der Waals surface area contributed by atoms with Gasteiger partial charge in [-0.25, -0.2) is 0 Å². The van der Waals surface area contributed by atoms with Crippen LogP contribution in [-0.2, 0) is 4.79 Å². The van der Waals surface area contributed by atoms with E-state index in [2.05, 4.69) is 5.32 Å². The molecule has 1 rings (SSSR count). The van der Waals surface area contributed by atoms with E-state index in [0.717, 1.165) is 0 Å². The van der Waals surface area contributed by atoms with Gasteiger partial charge < -0.3 is 21.5 Å². The number of rotatable bonds is 6. The minimum atomic E-state index is -0.388. The molecule has 18 heavy (non-hydrogen) atoms. The number of nitrogens with two attached hydrogens (primary N) is 2. The Kier molecular flexibility index (Phi) is 4.98. The molecule has 0 bridgehead atoms. The number of carbonyl (C=O) groups is 2. The van der Waals surface area contributed by atoms with Crippen LogP contribution >= 0.6 is 0 Å². The van der Waals surface area contributed by atoms with Gasteiger partial charge in [0, 0.05) is 18.7 Å². The summed E-state index contributed by atoms with van der Waals surface area (Å²) in [5, 5.41) is 2.66. The van der Waals surface area contributed by atoms with E-state index in [-0.39, 0.29) is 18.2 Å². The molecule has 1 aromatic carbocycles. The van der Waals surface area contributed by atoms with Gasteiger partial charge in [0.15, 0.2) is 0 Å². The van der Waals surface area contributed by atoms with Crippen molar-refractivity contribution in [1.82, 2.24) is 5.32 Å². The van der Waals surface area contributed by atoms with Crippen LogP contribution in [0.1, 0.15) is 23.2 Å². The summed E-state index contributed by atoms with van der Waals surface area (Å²) < 4.78 is 5.08. The average Bonchev–Trinajstić information content (AvgIpc) is 2.33. The number of carbonyl (C=O) groups excluding carboxylic acids is 2. The Morgan fingerprint density at radius 2 is 2.11 bits per heavy atom. The van der Waals surface area contributed by atoms with E-state index in [1.807, 2.05) is 0 Å². The Hall–Kier alpha value is -2.24. The van der Waals surface area contributed by atoms with Crippen molar-refractivity contribution in [2.24, 2.45) is 5.73 Å². The summed E-state index contributed by atoms with van der Waals surface area (Å²) in [7, 11) is 1.47. The van der Waals surface area contributed by atoms with Gasteiger partial charge in [0.1, 0.15) is 11.3 Å². The van der Waals surface area contributed by atoms with E-state index in [1.165, 1.54) is 7.11 Å². The first-order valence-corrected chi connectivity index (χ1v) is 5.55. The molecule has 0 unspecified atom stereocenters. The summed E-state index contributed by atoms with van der Waals surface area (Å²) >= 11 is 0. The predicted molar refractivity (Wildman–Crippen MR) is 68.2 cm³/mol. The zero-order valence-corrected chi connectivity index (χ0v) is 10.2. The summed E-state index contributed by atoms with van der Waals surface area (Å²) in [5.74, 6) is -0.294. The number of anilines is 1. The number of hydrogen-bond acceptors (Lipinski definition) is 4. The number of ether oxygens (including phenoxy) is 1. The highest BCUT2D eigenvalue weighted by atomic mass is 16.5. The third-order valence-electron chi connectivity index (χ3n) is 2.39. The fraction of sp³-hybridized carbons (Fsp3) is 0.333. The number of methoxy groups -OCH3 is 1. The summed E-state index contributed by atoms with van der Waals surface area (Å²) in [6.45, 7) is 0.360. The SMILES string of the molecule is COc1cccc(N)c1C(=O)NCCCC(N)=O. The normalized spacial score (nSPS) is 9.83. The van der Waals surface area contributed by atoms with Crippen molar-refractivity contribution in [3.8, 4) is 5.75 Å². The van der Waals surface area contributed by atoms with Crippen molar-refractivity contribution in [3.05, 3.63) is 23.8 Å². The van der Waals surface area contributed by atoms with Crippen LogP contribution in [-0.4, -0.2) is 25.5 Å². The molecule has 0 aliphatic carbocycles. The van der Waals surface area contributed by atoms with E-state index in [9.17, 15) is 9.59 Å². The molecule has 0 saturated carbocycles. The molecule has 0 spiro atoms. The molecular weight excluding hydrogens is 234 g/mol. The highest BCUT2D eigenvalue weighted by Gasteiger charge is 2.14. The van der Waals surface area contributed by atoms with Crippen LogP contribution in [0.2, 0.25) is 0 Å². The van der Waals surface area contributed by atoms with Crippen molar-refractivity contribution < 1.29 is 14.3 Å². The molecule has 0 aromatic heterocycles. The number of benzene rings is 1. The van der Waals surface area contributed by atoms with Crippen LogP contribution in [0.5, 0.6) is 5.75 Å². The number of nitrogen functional groups attached to an aromatic ring is 1. The van der Waals surface area contributed by atoms with Gasteiger partial charge in [-0.1, -0.05) is 6.07 Å². The molecule has 98 valence electrons. The van der Waals surface area contributed by atoms with Crippen molar-refractivity contribution in [1.29, 1.82) is 0 Å². The number of amides is 2. The molecule has 5 N–H and O–H groups in total. The summed E-state index contributed by atoms with van der Waals surface area (Å²) in [5.41, 5.74) is 11.4. The Morgan fingerprint density at radius 3 is 2.72 bits per heavy atom. The van der Waals surface area contributed by atoms with E-state index >= 15 is 0 Å². The lowest BCUT2D eigenvalue weighted by Crippen LogP contribution is -2.26. The minimum absolute atomic E-state index is 0.238. The maximum absolute atomic E-state index is 11.9. The molecule has 6 nitrogen and oxygen atoms in total. The Labute approximate surface area is 105 Å². The molecule has 0 fully saturated rings. The summed E-state index contributed by atoms with van der Waals surface area (Å²) in [4.78, 5) is 22.4. The highest BCUT2D eigenvalue weighted by molar-refractivity contribution is 6.01. The molecule has 0 saturated heterocycles. The van der Waals surface area contributed by atoms with Crippen LogP contribution in [0.4, 0.5) is 5.69 Å². The summed E-state index contributed by atoms with van der Waals surface area (Å²) in [6, 6.07) is 4.99. The Balaban J connectivity index is 2.64. The van der Waals surface area contributed by atoms with Crippen LogP contribution in [0.25, 0.3) is 0 Å². The van der Waals surface area contributed by atoms with Gasteiger partial charge in [0.05, 0.1) is 7.11 Å². The lowest BCUT2D eigenvalue weighted by atomic mass is 10.1. The van der Waals surface area contributed by atoms with Crippen LogP contribution < -0.4 is 21.5 Å². The molecule has 1 aromatic rings. The molecule has 6 heteroatoms. The van der Waals surface area contributed by atoms with Crippen LogP contribution in [0.3, 0.4) is 0 Å². The van der Waals surface area contributed by atoms with Crippen molar-refractivity contribution in [2.45, 2.75) is 12.8 Å². The maximum atomic E-state index is 11.9. The Morgan fingerprint density at radius 1 is 1.39 bits per heavy atom. The predicted octanol–water partition coefficient (Wildman–Crippen LogP) is 0.273. The molecule has 0 heterocycles. The van der Waals surface area contributed by atoms with Gasteiger partial charge in [-0.2, -0.15) is 0 Å². The van der Waals surface area contributed by atoms with E-state index in [0.29, 0.717) is 30.0 Å². The fourth-order valence-electron chi connectivity index (χ4n) is 1.51. The molecular formula is C12H17N3O3. The van der Waals surface area contributed by atoms with E-state index in [4.69, 9.17) is 16.2 Å². The van der Waals surface area contributed by atoms with Gasteiger partial charge in [-0.3, -0.25) is 9.59 Å². The molecule has 2 amide bonds. The smallest absolute Gasteiger partial charge is 0.257 e. The standard InChI is InChI=1S/C12H17N3O3/c1-18-9-5-2-4-8(13)11(9)12(17)15-7-3-6-10(14)16/h2,4-5H,3,6-7,13H2,1H3,(H2,14,16)(H,15,17). The number of nitrogens with one attached hydrogen (secondary N) is 1. The highest BCUT2D eigenvalue weighted by Crippen LogP contribution is 2.23. The number of primary amides is 1. The van der Waals surface area contributed by atoms with E-state index in [1.54, 1.807) is 18.2 Å².